The summed E-state index contributed by atoms with van der Waals surface area (Å²) < 4.78 is 10.8. The topological polar surface area (TPSA) is 115 Å². The van der Waals surface area contributed by atoms with E-state index < -0.39 is 5.41 Å². The maximum Gasteiger partial charge on any atom is 0.235 e. The molecule has 1 amide bonds. The highest BCUT2D eigenvalue weighted by Gasteiger charge is 2.51. The predicted molar refractivity (Wildman–Crippen MR) is 127 cm³/mol. The molecule has 0 spiro atoms. The third-order valence-corrected chi connectivity index (χ3v) is 6.25. The van der Waals surface area contributed by atoms with Gasteiger partial charge in [0, 0.05) is 17.4 Å². The lowest BCUT2D eigenvalue weighted by molar-refractivity contribution is -0.118. The first kappa shape index (κ1) is 21.8. The van der Waals surface area contributed by atoms with Crippen LogP contribution in [-0.4, -0.2) is 45.7 Å². The van der Waals surface area contributed by atoms with Crippen LogP contribution < -0.4 is 14.8 Å². The number of hydrogen-bond acceptors (Lipinski definition) is 7. The minimum absolute atomic E-state index is 0.0884. The second kappa shape index (κ2) is 8.75. The summed E-state index contributed by atoms with van der Waals surface area (Å²) in [6.45, 7) is 0. The molecule has 0 aliphatic heterocycles. The predicted octanol–water partition coefficient (Wildman–Crippen LogP) is 4.27. The number of methoxy groups -OCH3 is 2. The molecule has 2 aromatic heterocycles. The maximum atomic E-state index is 13.2. The molecule has 0 saturated heterocycles. The Morgan fingerprint density at radius 1 is 1.03 bits per heavy atom. The van der Waals surface area contributed by atoms with E-state index in [-0.39, 0.29) is 5.91 Å². The van der Waals surface area contributed by atoms with Gasteiger partial charge in [-0.3, -0.25) is 4.79 Å². The average molecular weight is 477 g/mol. The number of ether oxygens (including phenoxy) is 2. The number of carbonyl (C=O) groups excluding carboxylic acids is 1. The summed E-state index contributed by atoms with van der Waals surface area (Å²) in [6.07, 6.45) is 3.17. The highest BCUT2D eigenvalue weighted by atomic mass is 35.5. The Hall–Kier alpha value is -3.98. The van der Waals surface area contributed by atoms with Gasteiger partial charge in [-0.05, 0) is 65.1 Å². The minimum Gasteiger partial charge on any atom is -0.493 e. The van der Waals surface area contributed by atoms with Crippen LogP contribution in [0, 0.1) is 0 Å². The van der Waals surface area contributed by atoms with Crippen molar-refractivity contribution < 1.29 is 14.3 Å². The molecule has 2 aromatic carbocycles. The summed E-state index contributed by atoms with van der Waals surface area (Å²) in [5.41, 5.74) is 3.32. The van der Waals surface area contributed by atoms with Gasteiger partial charge in [0.05, 0.1) is 19.6 Å². The summed E-state index contributed by atoms with van der Waals surface area (Å²) in [5.74, 6) is 1.55. The number of nitrogens with zero attached hydrogens (tertiary/aromatic N) is 4. The molecule has 0 radical (unpaired) electrons. The molecule has 4 aromatic rings. The van der Waals surface area contributed by atoms with Crippen LogP contribution in [-0.2, 0) is 10.2 Å². The Morgan fingerprint density at radius 3 is 2.50 bits per heavy atom. The van der Waals surface area contributed by atoms with Crippen LogP contribution in [0.1, 0.15) is 18.4 Å². The first-order valence-corrected chi connectivity index (χ1v) is 11.0. The number of tetrazole rings is 1. The number of aromatic nitrogens is 5. The lowest BCUT2D eigenvalue weighted by atomic mass is 9.95. The summed E-state index contributed by atoms with van der Waals surface area (Å²) in [5, 5.41) is 17.9. The van der Waals surface area contributed by atoms with Crippen molar-refractivity contribution in [2.45, 2.75) is 18.3 Å². The number of rotatable bonds is 7. The summed E-state index contributed by atoms with van der Waals surface area (Å²) in [4.78, 5) is 17.4. The maximum absolute atomic E-state index is 13.2. The summed E-state index contributed by atoms with van der Waals surface area (Å²) in [6, 6.07) is 14.8. The smallest absolute Gasteiger partial charge is 0.235 e. The average Bonchev–Trinajstić information content (AvgIpc) is 3.50. The van der Waals surface area contributed by atoms with Gasteiger partial charge in [0.2, 0.25) is 11.7 Å². The van der Waals surface area contributed by atoms with E-state index in [9.17, 15) is 4.79 Å². The second-order valence-corrected chi connectivity index (χ2v) is 8.36. The van der Waals surface area contributed by atoms with E-state index in [1.54, 1.807) is 26.5 Å². The Labute approximate surface area is 200 Å². The van der Waals surface area contributed by atoms with Gasteiger partial charge in [0.25, 0.3) is 0 Å². The van der Waals surface area contributed by atoms with E-state index >= 15 is 0 Å². The molecule has 10 heteroatoms. The molecular formula is C24H21ClN6O3. The lowest BCUT2D eigenvalue weighted by Crippen LogP contribution is -2.28. The van der Waals surface area contributed by atoms with E-state index in [0.29, 0.717) is 33.7 Å². The van der Waals surface area contributed by atoms with Gasteiger partial charge >= 0.3 is 0 Å². The zero-order chi connectivity index (χ0) is 23.7. The van der Waals surface area contributed by atoms with Crippen LogP contribution in [0.15, 0.2) is 54.7 Å². The molecule has 0 unspecified atom stereocenters. The molecule has 9 nitrogen and oxygen atoms in total. The molecule has 0 atom stereocenters. The van der Waals surface area contributed by atoms with Crippen molar-refractivity contribution in [1.29, 1.82) is 0 Å². The zero-order valence-corrected chi connectivity index (χ0v) is 19.3. The molecule has 2 heterocycles. The molecule has 1 fully saturated rings. The Morgan fingerprint density at radius 2 is 1.85 bits per heavy atom. The molecule has 0 bridgehead atoms. The number of pyridine rings is 1. The normalized spacial score (nSPS) is 13.9. The van der Waals surface area contributed by atoms with E-state index in [1.807, 2.05) is 42.5 Å². The van der Waals surface area contributed by atoms with Crippen LogP contribution in [0.5, 0.6) is 11.5 Å². The van der Waals surface area contributed by atoms with Crippen molar-refractivity contribution in [3.63, 3.8) is 0 Å². The van der Waals surface area contributed by atoms with Gasteiger partial charge in [0.1, 0.15) is 5.15 Å². The number of anilines is 1. The molecule has 172 valence electrons. The number of aromatic amines is 1. The Bertz CT molecular complexity index is 1340. The standard InChI is InChI=1S/C24H21ClN6O3/c1-33-19-7-3-14(11-20(19)34-2)17-6-5-16(12-18(17)22-28-30-31-29-22)27-23(32)24(9-10-24)15-4-8-21(25)26-13-15/h3-8,11-13H,9-10H2,1-2H3,(H,27,32)(H,28,29,30,31). The van der Waals surface area contributed by atoms with Crippen LogP contribution in [0.2, 0.25) is 5.15 Å². The molecule has 1 saturated carbocycles. The monoisotopic (exact) mass is 476 g/mol. The Balaban J connectivity index is 1.49. The van der Waals surface area contributed by atoms with Crippen LogP contribution in [0.4, 0.5) is 5.69 Å². The summed E-state index contributed by atoms with van der Waals surface area (Å²) >= 11 is 5.91. The minimum atomic E-state index is -0.591. The van der Waals surface area contributed by atoms with Crippen molar-refractivity contribution >= 4 is 23.2 Å². The first-order valence-electron chi connectivity index (χ1n) is 10.6. The Kier molecular flexibility index (Phi) is 5.62. The number of benzene rings is 2. The lowest BCUT2D eigenvalue weighted by Gasteiger charge is -2.17. The third-order valence-electron chi connectivity index (χ3n) is 6.02. The molecule has 1 aliphatic rings. The quantitative estimate of drug-likeness (QED) is 0.383. The number of H-pyrrole nitrogens is 1. The van der Waals surface area contributed by atoms with Gasteiger partial charge in [-0.1, -0.05) is 29.8 Å². The fourth-order valence-electron chi connectivity index (χ4n) is 4.02. The highest BCUT2D eigenvalue weighted by Crippen LogP contribution is 2.49. The van der Waals surface area contributed by atoms with E-state index in [0.717, 1.165) is 29.5 Å². The fourth-order valence-corrected chi connectivity index (χ4v) is 4.13. The van der Waals surface area contributed by atoms with Gasteiger partial charge in [-0.15, -0.1) is 10.2 Å². The van der Waals surface area contributed by atoms with E-state index in [4.69, 9.17) is 21.1 Å². The molecular weight excluding hydrogens is 456 g/mol. The van der Waals surface area contributed by atoms with Crippen molar-refractivity contribution in [2.75, 3.05) is 19.5 Å². The van der Waals surface area contributed by atoms with Crippen LogP contribution >= 0.6 is 11.6 Å². The largest absolute Gasteiger partial charge is 0.493 e. The fraction of sp³-hybridized carbons (Fsp3) is 0.208. The molecule has 1 aliphatic carbocycles. The molecule has 5 rings (SSSR count). The van der Waals surface area contributed by atoms with E-state index in [1.165, 1.54) is 0 Å². The van der Waals surface area contributed by atoms with Gasteiger partial charge in [-0.2, -0.15) is 5.21 Å². The second-order valence-electron chi connectivity index (χ2n) is 7.97. The van der Waals surface area contributed by atoms with Crippen LogP contribution in [0.3, 0.4) is 0 Å². The van der Waals surface area contributed by atoms with Gasteiger partial charge in [-0.25, -0.2) is 4.98 Å². The van der Waals surface area contributed by atoms with Gasteiger partial charge in [0.15, 0.2) is 11.5 Å². The van der Waals surface area contributed by atoms with Crippen molar-refractivity contribution in [3.8, 4) is 34.0 Å². The number of amides is 1. The van der Waals surface area contributed by atoms with E-state index in [2.05, 4.69) is 30.9 Å². The number of halogens is 1. The van der Waals surface area contributed by atoms with Gasteiger partial charge < -0.3 is 14.8 Å². The van der Waals surface area contributed by atoms with Crippen molar-refractivity contribution in [2.24, 2.45) is 0 Å². The number of carbonyl (C=O) groups is 1. The number of nitrogens with one attached hydrogen (secondary N) is 2. The summed E-state index contributed by atoms with van der Waals surface area (Å²) in [7, 11) is 3.18. The third kappa shape index (κ3) is 3.94. The zero-order valence-electron chi connectivity index (χ0n) is 18.5. The van der Waals surface area contributed by atoms with Crippen molar-refractivity contribution in [1.82, 2.24) is 25.6 Å². The number of hydrogen-bond donors (Lipinski definition) is 2. The molecule has 2 N–H and O–H groups in total. The highest BCUT2D eigenvalue weighted by molar-refractivity contribution is 6.29. The molecule has 34 heavy (non-hydrogen) atoms. The first-order chi connectivity index (χ1) is 16.5. The SMILES string of the molecule is COc1ccc(-c2ccc(NC(=O)C3(c4ccc(Cl)nc4)CC3)cc2-c2nn[nH]n2)cc1OC. The van der Waals surface area contributed by atoms with Crippen molar-refractivity contribution in [3.05, 3.63) is 65.4 Å². The van der Waals surface area contributed by atoms with Crippen LogP contribution in [0.25, 0.3) is 22.5 Å².